The molecule has 5 heteroatoms. The zero-order chi connectivity index (χ0) is 25.4. The number of carbonyl (C=O) groups is 2. The van der Waals surface area contributed by atoms with Gasteiger partial charge >= 0.3 is 0 Å². The Morgan fingerprint density at radius 3 is 2.14 bits per heavy atom. The molecule has 0 fully saturated rings. The number of hydrogen-bond donors (Lipinski definition) is 1. The fourth-order valence-corrected chi connectivity index (χ4v) is 4.21. The van der Waals surface area contributed by atoms with E-state index in [4.69, 9.17) is 11.6 Å². The lowest BCUT2D eigenvalue weighted by Gasteiger charge is -2.34. The van der Waals surface area contributed by atoms with Crippen LogP contribution in [0.25, 0.3) is 0 Å². The molecule has 0 aliphatic heterocycles. The van der Waals surface area contributed by atoms with Gasteiger partial charge in [0.05, 0.1) is 0 Å². The summed E-state index contributed by atoms with van der Waals surface area (Å²) in [7, 11) is 0. The Morgan fingerprint density at radius 1 is 0.886 bits per heavy atom. The molecular formula is C30H35ClN2O2. The van der Waals surface area contributed by atoms with Gasteiger partial charge in [0.15, 0.2) is 0 Å². The van der Waals surface area contributed by atoms with Crippen LogP contribution < -0.4 is 5.32 Å². The number of nitrogens with zero attached hydrogens (tertiary/aromatic N) is 1. The molecule has 35 heavy (non-hydrogen) atoms. The third kappa shape index (κ3) is 8.25. The number of aryl methyl sites for hydroxylation is 2. The highest BCUT2D eigenvalue weighted by Gasteiger charge is 2.32. The molecule has 3 aromatic carbocycles. The number of rotatable bonds is 9. The summed E-state index contributed by atoms with van der Waals surface area (Å²) >= 11 is 6.34. The molecule has 0 radical (unpaired) electrons. The second-order valence-corrected chi connectivity index (χ2v) is 10.5. The Morgan fingerprint density at radius 2 is 1.51 bits per heavy atom. The first-order chi connectivity index (χ1) is 16.6. The molecule has 0 unspecified atom stereocenters. The Bertz CT molecular complexity index is 1120. The van der Waals surface area contributed by atoms with Gasteiger partial charge in [0, 0.05) is 29.9 Å². The highest BCUT2D eigenvalue weighted by atomic mass is 35.5. The molecule has 0 aliphatic rings. The van der Waals surface area contributed by atoms with E-state index in [1.165, 1.54) is 0 Å². The van der Waals surface area contributed by atoms with Crippen LogP contribution in [0.1, 0.15) is 49.4 Å². The number of nitrogens with one attached hydrogen (secondary N) is 1. The van der Waals surface area contributed by atoms with Crippen LogP contribution in [0.15, 0.2) is 78.9 Å². The van der Waals surface area contributed by atoms with E-state index < -0.39 is 11.6 Å². The number of benzene rings is 3. The molecule has 0 heterocycles. The van der Waals surface area contributed by atoms with Crippen LogP contribution in [0, 0.1) is 6.92 Å². The summed E-state index contributed by atoms with van der Waals surface area (Å²) < 4.78 is 0. The van der Waals surface area contributed by atoms with E-state index in [9.17, 15) is 9.59 Å². The lowest BCUT2D eigenvalue weighted by molar-refractivity contribution is -0.141. The monoisotopic (exact) mass is 490 g/mol. The van der Waals surface area contributed by atoms with Crippen molar-refractivity contribution in [3.05, 3.63) is 106 Å². The van der Waals surface area contributed by atoms with Crippen molar-refractivity contribution in [3.8, 4) is 0 Å². The predicted octanol–water partition coefficient (Wildman–Crippen LogP) is 6.14. The maximum Gasteiger partial charge on any atom is 0.243 e. The largest absolute Gasteiger partial charge is 0.350 e. The molecule has 0 spiro atoms. The SMILES string of the molecule is Cc1ccc(CN(C(=O)CCc2ccccc2Cl)[C@H](Cc2ccccc2)C(=O)NC(C)(C)C)cc1. The zero-order valence-electron chi connectivity index (χ0n) is 21.1. The minimum atomic E-state index is -0.642. The van der Waals surface area contributed by atoms with Gasteiger partial charge in [-0.05, 0) is 56.9 Å². The van der Waals surface area contributed by atoms with Gasteiger partial charge in [-0.3, -0.25) is 9.59 Å². The van der Waals surface area contributed by atoms with Crippen molar-refractivity contribution in [2.75, 3.05) is 0 Å². The maximum atomic E-state index is 13.7. The minimum absolute atomic E-state index is 0.0736. The summed E-state index contributed by atoms with van der Waals surface area (Å²) in [5.74, 6) is -0.227. The van der Waals surface area contributed by atoms with Gasteiger partial charge in [-0.1, -0.05) is 90.0 Å². The lowest BCUT2D eigenvalue weighted by Crippen LogP contribution is -2.54. The van der Waals surface area contributed by atoms with E-state index in [1.807, 2.05) is 107 Å². The van der Waals surface area contributed by atoms with Crippen molar-refractivity contribution in [2.24, 2.45) is 0 Å². The van der Waals surface area contributed by atoms with Crippen LogP contribution in [0.3, 0.4) is 0 Å². The van der Waals surface area contributed by atoms with Crippen LogP contribution in [0.2, 0.25) is 5.02 Å². The van der Waals surface area contributed by atoms with Crippen LogP contribution in [0.5, 0.6) is 0 Å². The molecule has 0 aromatic heterocycles. The second kappa shape index (κ2) is 12.0. The van der Waals surface area contributed by atoms with Crippen LogP contribution >= 0.6 is 11.6 Å². The normalized spacial score (nSPS) is 12.1. The summed E-state index contributed by atoms with van der Waals surface area (Å²) in [6.07, 6.45) is 1.22. The third-order valence-electron chi connectivity index (χ3n) is 5.81. The number of hydrogen-bond acceptors (Lipinski definition) is 2. The third-order valence-corrected chi connectivity index (χ3v) is 6.18. The van der Waals surface area contributed by atoms with E-state index in [0.717, 1.165) is 22.3 Å². The number of carbonyl (C=O) groups excluding carboxylic acids is 2. The average Bonchev–Trinajstić information content (AvgIpc) is 2.81. The van der Waals surface area contributed by atoms with Crippen molar-refractivity contribution in [2.45, 2.75) is 65.1 Å². The van der Waals surface area contributed by atoms with Crippen LogP contribution in [0.4, 0.5) is 0 Å². The van der Waals surface area contributed by atoms with Crippen LogP contribution in [-0.2, 0) is 29.0 Å². The first-order valence-electron chi connectivity index (χ1n) is 12.1. The van der Waals surface area contributed by atoms with E-state index in [1.54, 1.807) is 4.90 Å². The smallest absolute Gasteiger partial charge is 0.243 e. The average molecular weight is 491 g/mol. The van der Waals surface area contributed by atoms with Gasteiger partial charge in [-0.25, -0.2) is 0 Å². The maximum absolute atomic E-state index is 13.7. The quantitative estimate of drug-likeness (QED) is 0.392. The van der Waals surface area contributed by atoms with E-state index >= 15 is 0 Å². The Balaban J connectivity index is 1.93. The molecule has 1 atom stereocenters. The molecule has 0 aliphatic carbocycles. The van der Waals surface area contributed by atoms with E-state index in [2.05, 4.69) is 5.32 Å². The summed E-state index contributed by atoms with van der Waals surface area (Å²) in [5.41, 5.74) is 3.66. The molecule has 4 nitrogen and oxygen atoms in total. The Kier molecular flexibility index (Phi) is 9.11. The standard InChI is InChI=1S/C30H35ClN2O2/c1-22-14-16-24(17-15-22)21-33(28(34)19-18-25-12-8-9-13-26(25)31)27(29(35)32-30(2,3)4)20-23-10-6-5-7-11-23/h5-17,27H,18-21H2,1-4H3,(H,32,35)/t27-/m1/s1. The van der Waals surface area contributed by atoms with Gasteiger partial charge in [-0.15, -0.1) is 0 Å². The fraction of sp³-hybridized carbons (Fsp3) is 0.333. The number of amides is 2. The topological polar surface area (TPSA) is 49.4 Å². The molecule has 3 aromatic rings. The van der Waals surface area contributed by atoms with Crippen molar-refractivity contribution >= 4 is 23.4 Å². The zero-order valence-corrected chi connectivity index (χ0v) is 21.8. The summed E-state index contributed by atoms with van der Waals surface area (Å²) in [6.45, 7) is 8.25. The molecule has 184 valence electrons. The molecule has 0 bridgehead atoms. The first-order valence-corrected chi connectivity index (χ1v) is 12.4. The predicted molar refractivity (Wildman–Crippen MR) is 143 cm³/mol. The van der Waals surface area contributed by atoms with Crippen LogP contribution in [-0.4, -0.2) is 28.3 Å². The molecule has 1 N–H and O–H groups in total. The Hall–Kier alpha value is -3.11. The molecule has 0 saturated heterocycles. The van der Waals surface area contributed by atoms with Gasteiger partial charge in [0.25, 0.3) is 0 Å². The van der Waals surface area contributed by atoms with Crippen molar-refractivity contribution < 1.29 is 9.59 Å². The summed E-state index contributed by atoms with van der Waals surface area (Å²) in [5, 5.41) is 3.75. The van der Waals surface area contributed by atoms with E-state index in [0.29, 0.717) is 24.4 Å². The lowest BCUT2D eigenvalue weighted by atomic mass is 9.99. The van der Waals surface area contributed by atoms with Gasteiger partial charge in [0.1, 0.15) is 6.04 Å². The molecular weight excluding hydrogens is 456 g/mol. The molecule has 2 amide bonds. The van der Waals surface area contributed by atoms with Crippen molar-refractivity contribution in [1.82, 2.24) is 10.2 Å². The van der Waals surface area contributed by atoms with Gasteiger partial charge < -0.3 is 10.2 Å². The van der Waals surface area contributed by atoms with Gasteiger partial charge in [-0.2, -0.15) is 0 Å². The fourth-order valence-electron chi connectivity index (χ4n) is 3.98. The highest BCUT2D eigenvalue weighted by molar-refractivity contribution is 6.31. The highest BCUT2D eigenvalue weighted by Crippen LogP contribution is 2.20. The number of halogens is 1. The van der Waals surface area contributed by atoms with Crippen molar-refractivity contribution in [3.63, 3.8) is 0 Å². The second-order valence-electron chi connectivity index (χ2n) is 10.0. The van der Waals surface area contributed by atoms with E-state index in [-0.39, 0.29) is 18.2 Å². The molecule has 3 rings (SSSR count). The first kappa shape index (κ1) is 26.5. The minimum Gasteiger partial charge on any atom is -0.350 e. The van der Waals surface area contributed by atoms with Gasteiger partial charge in [0.2, 0.25) is 11.8 Å². The van der Waals surface area contributed by atoms with Crippen molar-refractivity contribution in [1.29, 1.82) is 0 Å². The summed E-state index contributed by atoms with van der Waals surface area (Å²) in [6, 6.07) is 24.9. The summed E-state index contributed by atoms with van der Waals surface area (Å²) in [4.78, 5) is 29.0. The Labute approximate surface area is 214 Å². The molecule has 0 saturated carbocycles.